The molecule has 138 valence electrons. The van der Waals surface area contributed by atoms with Gasteiger partial charge in [0.25, 0.3) is 0 Å². The third-order valence-corrected chi connectivity index (χ3v) is 5.26. The van der Waals surface area contributed by atoms with E-state index in [1.54, 1.807) is 0 Å². The number of benzene rings is 1. The molecule has 0 aliphatic carbocycles. The van der Waals surface area contributed by atoms with Crippen molar-refractivity contribution < 1.29 is 19.0 Å². The molecule has 1 aromatic carbocycles. The van der Waals surface area contributed by atoms with Crippen LogP contribution in [0, 0.1) is 11.3 Å². The van der Waals surface area contributed by atoms with E-state index >= 15 is 0 Å². The first-order valence-corrected chi connectivity index (χ1v) is 9.12. The molecule has 6 nitrogen and oxygen atoms in total. The van der Waals surface area contributed by atoms with E-state index < -0.39 is 5.41 Å². The maximum atomic E-state index is 12.6. The third-order valence-electron chi connectivity index (χ3n) is 5.26. The summed E-state index contributed by atoms with van der Waals surface area (Å²) in [6.45, 7) is 3.88. The van der Waals surface area contributed by atoms with Crippen molar-refractivity contribution in [3.63, 3.8) is 0 Å². The van der Waals surface area contributed by atoms with E-state index in [0.29, 0.717) is 45.1 Å². The lowest BCUT2D eigenvalue weighted by atomic mass is 9.79. The molecule has 0 saturated carbocycles. The third kappa shape index (κ3) is 4.71. The number of nitrogens with two attached hydrogens (primary N) is 1. The van der Waals surface area contributed by atoms with Crippen LogP contribution < -0.4 is 15.8 Å². The highest BCUT2D eigenvalue weighted by atomic mass is 16.5. The van der Waals surface area contributed by atoms with Crippen LogP contribution in [0.5, 0.6) is 5.75 Å². The fourth-order valence-electron chi connectivity index (χ4n) is 3.31. The standard InChI is InChI=1S/C19H28N2O4/c20-14-19(7-11-24-12-8-19)18(22)21-16-1-3-17(4-2-16)25-13-15-5-9-23-10-6-15/h1-4,15H,5-14,20H2,(H,21,22). The van der Waals surface area contributed by atoms with Crippen LogP contribution in [0.3, 0.4) is 0 Å². The number of carbonyl (C=O) groups excluding carboxylic acids is 1. The number of hydrogen-bond acceptors (Lipinski definition) is 5. The first-order valence-electron chi connectivity index (χ1n) is 9.12. The molecule has 3 rings (SSSR count). The smallest absolute Gasteiger partial charge is 0.232 e. The molecule has 3 N–H and O–H groups in total. The molecule has 0 unspecified atom stereocenters. The minimum Gasteiger partial charge on any atom is -0.493 e. The first kappa shape index (κ1) is 18.2. The van der Waals surface area contributed by atoms with Gasteiger partial charge in [-0.2, -0.15) is 0 Å². The molecule has 0 spiro atoms. The van der Waals surface area contributed by atoms with Gasteiger partial charge in [-0.1, -0.05) is 0 Å². The van der Waals surface area contributed by atoms with Crippen LogP contribution >= 0.6 is 0 Å². The topological polar surface area (TPSA) is 82.8 Å². The van der Waals surface area contributed by atoms with E-state index in [9.17, 15) is 4.79 Å². The van der Waals surface area contributed by atoms with Gasteiger partial charge in [-0.25, -0.2) is 0 Å². The lowest BCUT2D eigenvalue weighted by molar-refractivity contribution is -0.130. The first-order chi connectivity index (χ1) is 12.2. The van der Waals surface area contributed by atoms with Crippen LogP contribution in [0.4, 0.5) is 5.69 Å². The van der Waals surface area contributed by atoms with Crippen LogP contribution in [0.15, 0.2) is 24.3 Å². The number of carbonyl (C=O) groups is 1. The summed E-state index contributed by atoms with van der Waals surface area (Å²) < 4.78 is 16.6. The lowest BCUT2D eigenvalue weighted by Crippen LogP contribution is -2.46. The largest absolute Gasteiger partial charge is 0.493 e. The zero-order valence-corrected chi connectivity index (χ0v) is 14.7. The summed E-state index contributed by atoms with van der Waals surface area (Å²) >= 11 is 0. The van der Waals surface area contributed by atoms with Crippen molar-refractivity contribution in [1.82, 2.24) is 0 Å². The van der Waals surface area contributed by atoms with Gasteiger partial charge < -0.3 is 25.3 Å². The second-order valence-corrected chi connectivity index (χ2v) is 6.94. The number of amides is 1. The Bertz CT molecular complexity index is 549. The maximum Gasteiger partial charge on any atom is 0.232 e. The number of hydrogen-bond donors (Lipinski definition) is 2. The van der Waals surface area contributed by atoms with Gasteiger partial charge in [0.15, 0.2) is 0 Å². The van der Waals surface area contributed by atoms with Crippen LogP contribution in [-0.4, -0.2) is 45.5 Å². The minimum atomic E-state index is -0.517. The van der Waals surface area contributed by atoms with Crippen molar-refractivity contribution in [2.75, 3.05) is 44.9 Å². The molecule has 1 amide bonds. The van der Waals surface area contributed by atoms with Crippen molar-refractivity contribution in [2.45, 2.75) is 25.7 Å². The Balaban J connectivity index is 1.52. The number of ether oxygens (including phenoxy) is 3. The van der Waals surface area contributed by atoms with Crippen molar-refractivity contribution in [3.8, 4) is 5.75 Å². The minimum absolute atomic E-state index is 0.0193. The van der Waals surface area contributed by atoms with E-state index in [1.165, 1.54) is 0 Å². The Morgan fingerprint density at radius 1 is 1.12 bits per heavy atom. The van der Waals surface area contributed by atoms with Gasteiger partial charge in [-0.3, -0.25) is 4.79 Å². The Morgan fingerprint density at radius 2 is 1.76 bits per heavy atom. The average Bonchev–Trinajstić information content (AvgIpc) is 2.68. The summed E-state index contributed by atoms with van der Waals surface area (Å²) in [5, 5.41) is 2.99. The van der Waals surface area contributed by atoms with E-state index in [1.807, 2.05) is 24.3 Å². The maximum absolute atomic E-state index is 12.6. The summed E-state index contributed by atoms with van der Waals surface area (Å²) in [5.41, 5.74) is 6.13. The second-order valence-electron chi connectivity index (χ2n) is 6.94. The second kappa shape index (κ2) is 8.65. The SMILES string of the molecule is NCC1(C(=O)Nc2ccc(OCC3CCOCC3)cc2)CCOCC1. The Hall–Kier alpha value is -1.63. The highest BCUT2D eigenvalue weighted by Crippen LogP contribution is 2.31. The molecule has 0 atom stereocenters. The molecule has 2 aliphatic heterocycles. The zero-order chi connectivity index (χ0) is 17.5. The Kier molecular flexibility index (Phi) is 6.29. The summed E-state index contributed by atoms with van der Waals surface area (Å²) in [5.74, 6) is 1.37. The molecule has 2 saturated heterocycles. The summed E-state index contributed by atoms with van der Waals surface area (Å²) in [6, 6.07) is 7.55. The van der Waals surface area contributed by atoms with Gasteiger partial charge >= 0.3 is 0 Å². The predicted octanol–water partition coefficient (Wildman–Crippen LogP) is 2.19. The molecule has 0 radical (unpaired) electrons. The van der Waals surface area contributed by atoms with Gasteiger partial charge in [0.2, 0.25) is 5.91 Å². The van der Waals surface area contributed by atoms with Crippen molar-refractivity contribution in [1.29, 1.82) is 0 Å². The van der Waals surface area contributed by atoms with Crippen LogP contribution in [-0.2, 0) is 14.3 Å². The van der Waals surface area contributed by atoms with Gasteiger partial charge in [0, 0.05) is 38.7 Å². The van der Waals surface area contributed by atoms with E-state index in [-0.39, 0.29) is 5.91 Å². The highest BCUT2D eigenvalue weighted by Gasteiger charge is 2.38. The fourth-order valence-corrected chi connectivity index (χ4v) is 3.31. The summed E-state index contributed by atoms with van der Waals surface area (Å²) in [4.78, 5) is 12.6. The number of rotatable bonds is 6. The monoisotopic (exact) mass is 348 g/mol. The van der Waals surface area contributed by atoms with Crippen LogP contribution in [0.25, 0.3) is 0 Å². The van der Waals surface area contributed by atoms with Gasteiger partial charge in [0.1, 0.15) is 5.75 Å². The molecule has 25 heavy (non-hydrogen) atoms. The molecule has 0 bridgehead atoms. The number of nitrogens with one attached hydrogen (secondary N) is 1. The highest BCUT2D eigenvalue weighted by molar-refractivity contribution is 5.95. The molecule has 2 heterocycles. The van der Waals surface area contributed by atoms with Gasteiger partial charge in [-0.05, 0) is 55.9 Å². The molecular formula is C19H28N2O4. The molecule has 1 aromatic rings. The Morgan fingerprint density at radius 3 is 2.40 bits per heavy atom. The fraction of sp³-hybridized carbons (Fsp3) is 0.632. The van der Waals surface area contributed by atoms with Gasteiger partial charge in [0.05, 0.1) is 12.0 Å². The summed E-state index contributed by atoms with van der Waals surface area (Å²) in [7, 11) is 0. The quantitative estimate of drug-likeness (QED) is 0.823. The van der Waals surface area contributed by atoms with Crippen molar-refractivity contribution >= 4 is 11.6 Å². The molecule has 0 aromatic heterocycles. The van der Waals surface area contributed by atoms with E-state index in [4.69, 9.17) is 19.9 Å². The van der Waals surface area contributed by atoms with Gasteiger partial charge in [-0.15, -0.1) is 0 Å². The van der Waals surface area contributed by atoms with E-state index in [2.05, 4.69) is 5.32 Å². The normalized spacial score (nSPS) is 20.8. The lowest BCUT2D eigenvalue weighted by Gasteiger charge is -2.34. The predicted molar refractivity (Wildman–Crippen MR) is 95.7 cm³/mol. The molecular weight excluding hydrogens is 320 g/mol. The molecule has 6 heteroatoms. The summed E-state index contributed by atoms with van der Waals surface area (Å²) in [6.07, 6.45) is 3.45. The number of anilines is 1. The average molecular weight is 348 g/mol. The van der Waals surface area contributed by atoms with Crippen molar-refractivity contribution in [3.05, 3.63) is 24.3 Å². The van der Waals surface area contributed by atoms with Crippen LogP contribution in [0.2, 0.25) is 0 Å². The molecule has 2 fully saturated rings. The van der Waals surface area contributed by atoms with E-state index in [0.717, 1.165) is 37.5 Å². The molecule has 2 aliphatic rings. The van der Waals surface area contributed by atoms with Crippen molar-refractivity contribution in [2.24, 2.45) is 17.1 Å². The zero-order valence-electron chi connectivity index (χ0n) is 14.7. The Labute approximate surface area is 149 Å². The van der Waals surface area contributed by atoms with Crippen LogP contribution in [0.1, 0.15) is 25.7 Å².